The van der Waals surface area contributed by atoms with E-state index in [0.29, 0.717) is 16.6 Å². The van der Waals surface area contributed by atoms with Crippen LogP contribution in [0.5, 0.6) is 0 Å². The van der Waals surface area contributed by atoms with Crippen molar-refractivity contribution in [3.8, 4) is 0 Å². The first-order valence-electron chi connectivity index (χ1n) is 5.47. The molecule has 1 aromatic rings. The number of hydrogen-bond acceptors (Lipinski definition) is 2. The van der Waals surface area contributed by atoms with E-state index < -0.39 is 5.97 Å². The van der Waals surface area contributed by atoms with Crippen LogP contribution in [0.2, 0.25) is 0 Å². The summed E-state index contributed by atoms with van der Waals surface area (Å²) in [4.78, 5) is 12.4. The highest BCUT2D eigenvalue weighted by molar-refractivity contribution is 9.10. The van der Waals surface area contributed by atoms with Crippen LogP contribution in [0, 0.1) is 5.82 Å². The van der Waals surface area contributed by atoms with E-state index in [4.69, 9.17) is 5.11 Å². The lowest BCUT2D eigenvalue weighted by molar-refractivity contribution is -0.138. The quantitative estimate of drug-likeness (QED) is 0.819. The molecule has 0 amide bonds. The first-order valence-corrected chi connectivity index (χ1v) is 6.26. The van der Waals surface area contributed by atoms with Crippen LogP contribution in [-0.4, -0.2) is 29.1 Å². The van der Waals surface area contributed by atoms with E-state index in [-0.39, 0.29) is 18.4 Å². The van der Waals surface area contributed by atoms with Crippen molar-refractivity contribution in [3.63, 3.8) is 0 Å². The summed E-state index contributed by atoms with van der Waals surface area (Å²) < 4.78 is 14.5. The maximum absolute atomic E-state index is 13.8. The molecule has 18 heavy (non-hydrogen) atoms. The van der Waals surface area contributed by atoms with Crippen LogP contribution in [0.15, 0.2) is 35.3 Å². The van der Waals surface area contributed by atoms with Gasteiger partial charge in [0.15, 0.2) is 0 Å². The number of carboxylic acid groups (broad SMARTS) is 1. The highest BCUT2D eigenvalue weighted by Crippen LogP contribution is 2.25. The second-order valence-corrected chi connectivity index (χ2v) is 4.87. The molecule has 0 heterocycles. The van der Waals surface area contributed by atoms with Gasteiger partial charge in [0.05, 0.1) is 6.54 Å². The molecule has 1 N–H and O–H groups in total. The summed E-state index contributed by atoms with van der Waals surface area (Å²) in [5.74, 6) is -1.29. The summed E-state index contributed by atoms with van der Waals surface area (Å²) in [5.41, 5.74) is 0.473. The second-order valence-electron chi connectivity index (χ2n) is 3.95. The third kappa shape index (κ3) is 3.92. The Balaban J connectivity index is 2.96. The van der Waals surface area contributed by atoms with E-state index in [1.165, 1.54) is 6.07 Å². The van der Waals surface area contributed by atoms with Gasteiger partial charge in [-0.05, 0) is 19.1 Å². The lowest BCUT2D eigenvalue weighted by Gasteiger charge is -2.26. The summed E-state index contributed by atoms with van der Waals surface area (Å²) >= 11 is 3.19. The molecule has 0 aliphatic rings. The van der Waals surface area contributed by atoms with Gasteiger partial charge in [-0.15, -0.1) is 6.58 Å². The number of benzene rings is 1. The van der Waals surface area contributed by atoms with Crippen molar-refractivity contribution >= 4 is 21.9 Å². The Morgan fingerprint density at radius 3 is 2.83 bits per heavy atom. The molecule has 0 aliphatic heterocycles. The van der Waals surface area contributed by atoms with Gasteiger partial charge in [-0.1, -0.05) is 28.1 Å². The SMILES string of the molecule is C=CCN(CC(=O)O)C(C)c1ccc(Br)cc1F. The Morgan fingerprint density at radius 1 is 1.67 bits per heavy atom. The van der Waals surface area contributed by atoms with E-state index in [1.807, 2.05) is 0 Å². The molecule has 0 bridgehead atoms. The molecule has 0 radical (unpaired) electrons. The van der Waals surface area contributed by atoms with Crippen LogP contribution in [0.1, 0.15) is 18.5 Å². The van der Waals surface area contributed by atoms with Crippen molar-refractivity contribution < 1.29 is 14.3 Å². The maximum Gasteiger partial charge on any atom is 0.317 e. The molecule has 1 atom stereocenters. The molecule has 0 saturated carbocycles. The predicted octanol–water partition coefficient (Wildman–Crippen LogP) is 3.22. The molecular weight excluding hydrogens is 301 g/mol. The van der Waals surface area contributed by atoms with Crippen LogP contribution in [0.25, 0.3) is 0 Å². The summed E-state index contributed by atoms with van der Waals surface area (Å²) in [5, 5.41) is 8.84. The molecule has 1 rings (SSSR count). The van der Waals surface area contributed by atoms with Gasteiger partial charge in [0.1, 0.15) is 5.82 Å². The van der Waals surface area contributed by atoms with E-state index in [9.17, 15) is 9.18 Å². The molecule has 0 spiro atoms. The Kier molecular flexibility index (Phi) is 5.50. The average molecular weight is 316 g/mol. The van der Waals surface area contributed by atoms with E-state index in [0.717, 1.165) is 0 Å². The van der Waals surface area contributed by atoms with Crippen LogP contribution in [0.3, 0.4) is 0 Å². The minimum Gasteiger partial charge on any atom is -0.480 e. The van der Waals surface area contributed by atoms with Gasteiger partial charge >= 0.3 is 5.97 Å². The normalized spacial score (nSPS) is 12.4. The minimum absolute atomic E-state index is 0.150. The van der Waals surface area contributed by atoms with Gasteiger partial charge in [0.25, 0.3) is 0 Å². The lowest BCUT2D eigenvalue weighted by atomic mass is 10.1. The summed E-state index contributed by atoms with van der Waals surface area (Å²) in [6.07, 6.45) is 1.61. The molecule has 98 valence electrons. The first kappa shape index (κ1) is 14.9. The highest BCUT2D eigenvalue weighted by atomic mass is 79.9. The number of hydrogen-bond donors (Lipinski definition) is 1. The molecular formula is C13H15BrFNO2. The number of carbonyl (C=O) groups is 1. The Labute approximate surface area is 114 Å². The van der Waals surface area contributed by atoms with Gasteiger partial charge in [-0.25, -0.2) is 4.39 Å². The molecule has 5 heteroatoms. The largest absolute Gasteiger partial charge is 0.480 e. The van der Waals surface area contributed by atoms with Gasteiger partial charge in [0, 0.05) is 22.6 Å². The minimum atomic E-state index is -0.943. The highest BCUT2D eigenvalue weighted by Gasteiger charge is 2.20. The molecule has 1 unspecified atom stereocenters. The van der Waals surface area contributed by atoms with Crippen molar-refractivity contribution in [2.24, 2.45) is 0 Å². The second kappa shape index (κ2) is 6.66. The summed E-state index contributed by atoms with van der Waals surface area (Å²) in [6, 6.07) is 4.44. The fourth-order valence-corrected chi connectivity index (χ4v) is 2.07. The summed E-state index contributed by atoms with van der Waals surface area (Å²) in [6.45, 7) is 5.60. The smallest absolute Gasteiger partial charge is 0.317 e. The Bertz CT molecular complexity index is 451. The maximum atomic E-state index is 13.8. The topological polar surface area (TPSA) is 40.5 Å². The lowest BCUT2D eigenvalue weighted by Crippen LogP contribution is -2.32. The zero-order valence-corrected chi connectivity index (χ0v) is 11.7. The van der Waals surface area contributed by atoms with Crippen LogP contribution in [-0.2, 0) is 4.79 Å². The van der Waals surface area contributed by atoms with Gasteiger partial charge < -0.3 is 5.11 Å². The number of halogens is 2. The van der Waals surface area contributed by atoms with E-state index in [2.05, 4.69) is 22.5 Å². The third-order valence-corrected chi connectivity index (χ3v) is 3.16. The van der Waals surface area contributed by atoms with Crippen LogP contribution >= 0.6 is 15.9 Å². The molecule has 3 nitrogen and oxygen atoms in total. The van der Waals surface area contributed by atoms with Gasteiger partial charge in [-0.3, -0.25) is 9.69 Å². The van der Waals surface area contributed by atoms with Crippen molar-refractivity contribution in [1.82, 2.24) is 4.90 Å². The molecule has 1 aromatic carbocycles. The predicted molar refractivity (Wildman–Crippen MR) is 71.9 cm³/mol. The monoisotopic (exact) mass is 315 g/mol. The molecule has 0 fully saturated rings. The number of nitrogens with zero attached hydrogens (tertiary/aromatic N) is 1. The fraction of sp³-hybridized carbons (Fsp3) is 0.308. The zero-order valence-electron chi connectivity index (χ0n) is 10.1. The Morgan fingerprint density at radius 2 is 2.33 bits per heavy atom. The van der Waals surface area contributed by atoms with Gasteiger partial charge in [-0.2, -0.15) is 0 Å². The van der Waals surface area contributed by atoms with E-state index >= 15 is 0 Å². The zero-order chi connectivity index (χ0) is 13.7. The van der Waals surface area contributed by atoms with Crippen molar-refractivity contribution in [3.05, 3.63) is 46.7 Å². The summed E-state index contributed by atoms with van der Waals surface area (Å²) in [7, 11) is 0. The van der Waals surface area contributed by atoms with E-state index in [1.54, 1.807) is 30.0 Å². The number of aliphatic carboxylic acids is 1. The van der Waals surface area contributed by atoms with Gasteiger partial charge in [0.2, 0.25) is 0 Å². The number of rotatable bonds is 6. The first-order chi connectivity index (χ1) is 8.45. The molecule has 0 saturated heterocycles. The fourth-order valence-electron chi connectivity index (χ4n) is 1.74. The van der Waals surface area contributed by atoms with Crippen LogP contribution in [0.4, 0.5) is 4.39 Å². The van der Waals surface area contributed by atoms with Crippen LogP contribution < -0.4 is 0 Å². The van der Waals surface area contributed by atoms with Crippen molar-refractivity contribution in [2.75, 3.05) is 13.1 Å². The molecule has 0 aromatic heterocycles. The molecule has 0 aliphatic carbocycles. The number of carboxylic acids is 1. The van der Waals surface area contributed by atoms with Crippen molar-refractivity contribution in [2.45, 2.75) is 13.0 Å². The Hall–Kier alpha value is -1.20. The van der Waals surface area contributed by atoms with Crippen molar-refractivity contribution in [1.29, 1.82) is 0 Å². The average Bonchev–Trinajstić information content (AvgIpc) is 2.27. The standard InChI is InChI=1S/C13H15BrFNO2/c1-3-6-16(8-13(17)18)9(2)11-5-4-10(14)7-12(11)15/h3-5,7,9H,1,6,8H2,2H3,(H,17,18). The third-order valence-electron chi connectivity index (χ3n) is 2.66.